The number of carboxylic acids is 1. The van der Waals surface area contributed by atoms with E-state index in [4.69, 9.17) is 9.84 Å². The van der Waals surface area contributed by atoms with E-state index in [2.05, 4.69) is 9.97 Å². The van der Waals surface area contributed by atoms with Crippen molar-refractivity contribution in [1.82, 2.24) is 9.97 Å². The van der Waals surface area contributed by atoms with Gasteiger partial charge >= 0.3 is 5.97 Å². The van der Waals surface area contributed by atoms with Crippen LogP contribution in [0.25, 0.3) is 22.2 Å². The quantitative estimate of drug-likeness (QED) is 0.798. The van der Waals surface area contributed by atoms with Gasteiger partial charge in [-0.15, -0.1) is 0 Å². The van der Waals surface area contributed by atoms with Gasteiger partial charge in [0.2, 0.25) is 5.88 Å². The molecule has 21 heavy (non-hydrogen) atoms. The number of aromatic carboxylic acids is 1. The SMILES string of the molecule is COc1nc(-c2ccc(C(=O)O)cc2)cc2cccnc12. The van der Waals surface area contributed by atoms with Gasteiger partial charge in [-0.2, -0.15) is 0 Å². The minimum Gasteiger partial charge on any atom is -0.479 e. The zero-order chi connectivity index (χ0) is 14.8. The molecule has 2 aromatic heterocycles. The lowest BCUT2D eigenvalue weighted by atomic mass is 10.1. The van der Waals surface area contributed by atoms with Crippen LogP contribution in [0.4, 0.5) is 0 Å². The second kappa shape index (κ2) is 5.20. The number of ether oxygens (including phenoxy) is 1. The highest BCUT2D eigenvalue weighted by atomic mass is 16.5. The van der Waals surface area contributed by atoms with Crippen LogP contribution >= 0.6 is 0 Å². The van der Waals surface area contributed by atoms with Gasteiger partial charge in [-0.3, -0.25) is 4.98 Å². The van der Waals surface area contributed by atoms with E-state index in [0.717, 1.165) is 10.9 Å². The molecule has 0 aliphatic carbocycles. The molecule has 0 fully saturated rings. The molecule has 0 bridgehead atoms. The molecule has 3 rings (SSSR count). The van der Waals surface area contributed by atoms with Crippen LogP contribution in [0.5, 0.6) is 5.88 Å². The maximum atomic E-state index is 10.9. The predicted molar refractivity (Wildman–Crippen MR) is 78.5 cm³/mol. The first-order chi connectivity index (χ1) is 10.2. The zero-order valence-electron chi connectivity index (χ0n) is 11.3. The molecule has 5 nitrogen and oxygen atoms in total. The van der Waals surface area contributed by atoms with Crippen LogP contribution in [0.3, 0.4) is 0 Å². The number of methoxy groups -OCH3 is 1. The third-order valence-electron chi connectivity index (χ3n) is 3.18. The highest BCUT2D eigenvalue weighted by Gasteiger charge is 2.09. The van der Waals surface area contributed by atoms with Crippen molar-refractivity contribution in [2.45, 2.75) is 0 Å². The van der Waals surface area contributed by atoms with Crippen molar-refractivity contribution in [2.24, 2.45) is 0 Å². The van der Waals surface area contributed by atoms with E-state index in [1.165, 1.54) is 0 Å². The van der Waals surface area contributed by atoms with Gasteiger partial charge in [0.15, 0.2) is 0 Å². The molecule has 0 amide bonds. The Morgan fingerprint density at radius 2 is 1.95 bits per heavy atom. The van der Waals surface area contributed by atoms with Gasteiger partial charge < -0.3 is 9.84 Å². The molecule has 1 N–H and O–H groups in total. The summed E-state index contributed by atoms with van der Waals surface area (Å²) < 4.78 is 5.28. The third kappa shape index (κ3) is 2.41. The fraction of sp³-hybridized carbons (Fsp3) is 0.0625. The summed E-state index contributed by atoms with van der Waals surface area (Å²) in [5.74, 6) is -0.500. The van der Waals surface area contributed by atoms with Gasteiger partial charge in [-0.25, -0.2) is 9.78 Å². The van der Waals surface area contributed by atoms with Crippen LogP contribution < -0.4 is 4.74 Å². The lowest BCUT2D eigenvalue weighted by Crippen LogP contribution is -1.96. The second-order valence-electron chi connectivity index (χ2n) is 4.47. The maximum Gasteiger partial charge on any atom is 0.335 e. The number of aromatic nitrogens is 2. The Kier molecular flexibility index (Phi) is 3.23. The van der Waals surface area contributed by atoms with Crippen LogP contribution in [0.1, 0.15) is 10.4 Å². The van der Waals surface area contributed by atoms with E-state index < -0.39 is 5.97 Å². The van der Waals surface area contributed by atoms with Gasteiger partial charge in [-0.1, -0.05) is 18.2 Å². The molecule has 0 aliphatic rings. The van der Waals surface area contributed by atoms with Crippen molar-refractivity contribution in [1.29, 1.82) is 0 Å². The lowest BCUT2D eigenvalue weighted by molar-refractivity contribution is 0.0697. The number of carboxylic acid groups (broad SMARTS) is 1. The van der Waals surface area contributed by atoms with Gasteiger partial charge in [0.05, 0.1) is 18.4 Å². The summed E-state index contributed by atoms with van der Waals surface area (Å²) in [6, 6.07) is 12.3. The Bertz CT molecular complexity index is 813. The number of rotatable bonds is 3. The average Bonchev–Trinajstić information content (AvgIpc) is 2.53. The minimum atomic E-state index is -0.949. The Labute approximate surface area is 120 Å². The Balaban J connectivity index is 2.13. The molecule has 2 heterocycles. The van der Waals surface area contributed by atoms with E-state index in [9.17, 15) is 4.79 Å². The number of fused-ring (bicyclic) bond motifs is 1. The summed E-state index contributed by atoms with van der Waals surface area (Å²) in [7, 11) is 1.55. The number of hydrogen-bond donors (Lipinski definition) is 1. The average molecular weight is 280 g/mol. The maximum absolute atomic E-state index is 10.9. The molecule has 0 saturated carbocycles. The van der Waals surface area contributed by atoms with Crippen LogP contribution in [0, 0.1) is 0 Å². The van der Waals surface area contributed by atoms with Crippen molar-refractivity contribution >= 4 is 16.9 Å². The molecular weight excluding hydrogens is 268 g/mol. The smallest absolute Gasteiger partial charge is 0.335 e. The van der Waals surface area contributed by atoms with Crippen molar-refractivity contribution < 1.29 is 14.6 Å². The first-order valence-corrected chi connectivity index (χ1v) is 6.32. The minimum absolute atomic E-state index is 0.244. The number of carbonyl (C=O) groups is 1. The Hall–Kier alpha value is -2.95. The molecule has 1 aromatic carbocycles. The summed E-state index contributed by atoms with van der Waals surface area (Å²) >= 11 is 0. The predicted octanol–water partition coefficient (Wildman–Crippen LogP) is 3.00. The first-order valence-electron chi connectivity index (χ1n) is 6.32. The molecular formula is C16H12N2O3. The molecule has 5 heteroatoms. The summed E-state index contributed by atoms with van der Waals surface area (Å²) in [5, 5.41) is 9.84. The number of nitrogens with zero attached hydrogens (tertiary/aromatic N) is 2. The van der Waals surface area contributed by atoms with Gasteiger partial charge in [0.25, 0.3) is 0 Å². The standard InChI is InChI=1S/C16H12N2O3/c1-21-15-14-12(3-2-8-17-14)9-13(18-15)10-4-6-11(7-5-10)16(19)20/h2-9H,1H3,(H,19,20). The van der Waals surface area contributed by atoms with E-state index in [0.29, 0.717) is 17.1 Å². The van der Waals surface area contributed by atoms with E-state index in [1.54, 1.807) is 37.6 Å². The van der Waals surface area contributed by atoms with Crippen LogP contribution in [-0.4, -0.2) is 28.2 Å². The van der Waals surface area contributed by atoms with Crippen LogP contribution in [-0.2, 0) is 0 Å². The Morgan fingerprint density at radius 1 is 1.19 bits per heavy atom. The molecule has 104 valence electrons. The monoisotopic (exact) mass is 280 g/mol. The van der Waals surface area contributed by atoms with Crippen LogP contribution in [0.15, 0.2) is 48.7 Å². The molecule has 0 spiro atoms. The van der Waals surface area contributed by atoms with Crippen molar-refractivity contribution in [2.75, 3.05) is 7.11 Å². The topological polar surface area (TPSA) is 72.3 Å². The second-order valence-corrected chi connectivity index (χ2v) is 4.47. The van der Waals surface area contributed by atoms with Gasteiger partial charge in [0, 0.05) is 17.1 Å². The molecule has 0 atom stereocenters. The summed E-state index contributed by atoms with van der Waals surface area (Å²) in [6.45, 7) is 0. The normalized spacial score (nSPS) is 10.5. The molecule has 0 aliphatic heterocycles. The summed E-state index contributed by atoms with van der Waals surface area (Å²) in [5.41, 5.74) is 2.48. The zero-order valence-corrected chi connectivity index (χ0v) is 11.3. The number of benzene rings is 1. The largest absolute Gasteiger partial charge is 0.479 e. The van der Waals surface area contributed by atoms with Crippen LogP contribution in [0.2, 0.25) is 0 Å². The summed E-state index contributed by atoms with van der Waals surface area (Å²) in [6.07, 6.45) is 1.69. The Morgan fingerprint density at radius 3 is 2.62 bits per heavy atom. The van der Waals surface area contributed by atoms with Crippen molar-refractivity contribution in [3.63, 3.8) is 0 Å². The lowest BCUT2D eigenvalue weighted by Gasteiger charge is -2.07. The van der Waals surface area contributed by atoms with Crippen molar-refractivity contribution in [3.05, 3.63) is 54.2 Å². The van der Waals surface area contributed by atoms with Gasteiger partial charge in [-0.05, 0) is 24.3 Å². The van der Waals surface area contributed by atoms with Crippen molar-refractivity contribution in [3.8, 4) is 17.1 Å². The highest BCUT2D eigenvalue weighted by molar-refractivity contribution is 5.89. The molecule has 0 radical (unpaired) electrons. The fourth-order valence-electron chi connectivity index (χ4n) is 2.13. The van der Waals surface area contributed by atoms with E-state index in [1.807, 2.05) is 18.2 Å². The van der Waals surface area contributed by atoms with Gasteiger partial charge in [0.1, 0.15) is 5.52 Å². The molecule has 0 saturated heterocycles. The van der Waals surface area contributed by atoms with E-state index >= 15 is 0 Å². The fourth-order valence-corrected chi connectivity index (χ4v) is 2.13. The molecule has 0 unspecified atom stereocenters. The van der Waals surface area contributed by atoms with E-state index in [-0.39, 0.29) is 5.56 Å². The third-order valence-corrected chi connectivity index (χ3v) is 3.18. The number of pyridine rings is 2. The number of hydrogen-bond acceptors (Lipinski definition) is 4. The molecule has 3 aromatic rings. The summed E-state index contributed by atoms with van der Waals surface area (Å²) in [4.78, 5) is 19.6. The first kappa shape index (κ1) is 13.1. The highest BCUT2D eigenvalue weighted by Crippen LogP contribution is 2.27.